The summed E-state index contributed by atoms with van der Waals surface area (Å²) in [5, 5.41) is 9.17. The quantitative estimate of drug-likeness (QED) is 0.667. The highest BCUT2D eigenvalue weighted by atomic mass is 16.3. The third kappa shape index (κ3) is 2.37. The highest BCUT2D eigenvalue weighted by Gasteiger charge is 2.29. The van der Waals surface area contributed by atoms with Crippen LogP contribution in [-0.2, 0) is 6.54 Å². The van der Waals surface area contributed by atoms with Crippen molar-refractivity contribution in [2.24, 2.45) is 0 Å². The van der Waals surface area contributed by atoms with Gasteiger partial charge in [-0.1, -0.05) is 0 Å². The van der Waals surface area contributed by atoms with Gasteiger partial charge in [0.25, 0.3) is 5.56 Å². The summed E-state index contributed by atoms with van der Waals surface area (Å²) in [5.41, 5.74) is 5.30. The van der Waals surface area contributed by atoms with E-state index in [4.69, 9.17) is 10.8 Å². The van der Waals surface area contributed by atoms with E-state index in [2.05, 4.69) is 4.98 Å². The lowest BCUT2D eigenvalue weighted by molar-refractivity contribution is 0.283. The minimum absolute atomic E-state index is 0.0549. The normalized spacial score (nSPS) is 15.3. The molecular formula is C12H20N4O3. The van der Waals surface area contributed by atoms with Gasteiger partial charge in [-0.25, -0.2) is 4.79 Å². The van der Waals surface area contributed by atoms with E-state index in [1.807, 2.05) is 4.90 Å². The molecule has 0 radical (unpaired) electrons. The van der Waals surface area contributed by atoms with Crippen LogP contribution in [0.15, 0.2) is 9.59 Å². The molecule has 1 aromatic rings. The van der Waals surface area contributed by atoms with Gasteiger partial charge in [0.2, 0.25) is 0 Å². The zero-order valence-corrected chi connectivity index (χ0v) is 11.1. The molecule has 0 bridgehead atoms. The summed E-state index contributed by atoms with van der Waals surface area (Å²) in [6.07, 6.45) is 3.06. The number of rotatable bonds is 5. The number of aromatic nitrogens is 2. The number of hydrogen-bond donors (Lipinski definition) is 3. The molecule has 0 amide bonds. The number of nitrogens with two attached hydrogens (primary N) is 1. The van der Waals surface area contributed by atoms with Gasteiger partial charge in [-0.05, 0) is 26.2 Å². The Kier molecular flexibility index (Phi) is 3.94. The number of H-pyrrole nitrogens is 1. The van der Waals surface area contributed by atoms with E-state index in [0.29, 0.717) is 18.8 Å². The summed E-state index contributed by atoms with van der Waals surface area (Å²) in [6.45, 7) is 2.48. The second-order valence-corrected chi connectivity index (χ2v) is 4.74. The van der Waals surface area contributed by atoms with E-state index >= 15 is 0 Å². The lowest BCUT2D eigenvalue weighted by atomic mass is 9.91. The van der Waals surface area contributed by atoms with E-state index < -0.39 is 11.2 Å². The van der Waals surface area contributed by atoms with E-state index in [-0.39, 0.29) is 18.5 Å². The summed E-state index contributed by atoms with van der Waals surface area (Å²) in [6, 6.07) is 0.221. The summed E-state index contributed by atoms with van der Waals surface area (Å²) in [4.78, 5) is 27.8. The van der Waals surface area contributed by atoms with Gasteiger partial charge in [-0.2, -0.15) is 0 Å². The minimum Gasteiger partial charge on any atom is -0.395 e. The van der Waals surface area contributed by atoms with Gasteiger partial charge < -0.3 is 15.7 Å². The molecule has 7 nitrogen and oxygen atoms in total. The number of hydrogen-bond acceptors (Lipinski definition) is 5. The first kappa shape index (κ1) is 13.7. The summed E-state index contributed by atoms with van der Waals surface area (Å²) in [7, 11) is 0. The summed E-state index contributed by atoms with van der Waals surface area (Å²) < 4.78 is 1.33. The van der Waals surface area contributed by atoms with Crippen molar-refractivity contribution in [3.8, 4) is 0 Å². The number of aromatic amines is 1. The number of aliphatic hydroxyl groups is 1. The van der Waals surface area contributed by atoms with Crippen molar-refractivity contribution >= 4 is 11.5 Å². The largest absolute Gasteiger partial charge is 0.395 e. The number of anilines is 2. The number of aliphatic hydroxyl groups excluding tert-OH is 1. The molecular weight excluding hydrogens is 248 g/mol. The maximum Gasteiger partial charge on any atom is 0.330 e. The third-order valence-corrected chi connectivity index (χ3v) is 3.67. The first-order valence-corrected chi connectivity index (χ1v) is 6.60. The SMILES string of the molecule is CCn1c(N)c(N(CCO)C2CCC2)c(=O)[nH]c1=O. The maximum absolute atomic E-state index is 12.0. The predicted octanol–water partition coefficient (Wildman–Crippen LogP) is -0.510. The first-order valence-electron chi connectivity index (χ1n) is 6.60. The predicted molar refractivity (Wildman–Crippen MR) is 73.5 cm³/mol. The molecule has 0 spiro atoms. The van der Waals surface area contributed by atoms with Gasteiger partial charge in [-0.3, -0.25) is 14.3 Å². The average Bonchev–Trinajstić information content (AvgIpc) is 2.26. The van der Waals surface area contributed by atoms with Crippen LogP contribution in [0, 0.1) is 0 Å². The smallest absolute Gasteiger partial charge is 0.330 e. The van der Waals surface area contributed by atoms with Gasteiger partial charge in [-0.15, -0.1) is 0 Å². The molecule has 0 aliphatic heterocycles. The minimum atomic E-state index is -0.494. The molecule has 7 heteroatoms. The van der Waals surface area contributed by atoms with Gasteiger partial charge in [0.1, 0.15) is 11.5 Å². The third-order valence-electron chi connectivity index (χ3n) is 3.67. The van der Waals surface area contributed by atoms with E-state index in [0.717, 1.165) is 19.3 Å². The molecule has 2 rings (SSSR count). The Morgan fingerprint density at radius 2 is 2.16 bits per heavy atom. The lowest BCUT2D eigenvalue weighted by Gasteiger charge is -2.38. The zero-order valence-electron chi connectivity index (χ0n) is 11.1. The van der Waals surface area contributed by atoms with Gasteiger partial charge in [0.05, 0.1) is 6.61 Å². The topological polar surface area (TPSA) is 104 Å². The molecule has 1 fully saturated rings. The van der Waals surface area contributed by atoms with Crippen molar-refractivity contribution in [3.63, 3.8) is 0 Å². The fraction of sp³-hybridized carbons (Fsp3) is 0.667. The molecule has 4 N–H and O–H groups in total. The Labute approximate surface area is 110 Å². The summed E-state index contributed by atoms with van der Waals surface area (Å²) >= 11 is 0. The maximum atomic E-state index is 12.0. The van der Waals surface area contributed by atoms with Crippen LogP contribution in [0.3, 0.4) is 0 Å². The van der Waals surface area contributed by atoms with Crippen molar-refractivity contribution in [1.82, 2.24) is 9.55 Å². The molecule has 1 aliphatic carbocycles. The standard InChI is InChI=1S/C12H20N4O3/c1-2-15-10(13)9(11(18)14-12(15)19)16(6-7-17)8-4-3-5-8/h8,17H,2-7,13H2,1H3,(H,14,18,19). The van der Waals surface area contributed by atoms with Crippen molar-refractivity contribution in [1.29, 1.82) is 0 Å². The Balaban J connectivity index is 2.52. The van der Waals surface area contributed by atoms with Crippen LogP contribution in [0.4, 0.5) is 11.5 Å². The molecule has 1 aliphatic rings. The van der Waals surface area contributed by atoms with Crippen molar-refractivity contribution < 1.29 is 5.11 Å². The molecule has 19 heavy (non-hydrogen) atoms. The zero-order chi connectivity index (χ0) is 14.0. The Morgan fingerprint density at radius 3 is 2.63 bits per heavy atom. The first-order chi connectivity index (χ1) is 9.10. The highest BCUT2D eigenvalue weighted by molar-refractivity contribution is 5.63. The monoisotopic (exact) mass is 268 g/mol. The van der Waals surface area contributed by atoms with Crippen molar-refractivity contribution in [2.45, 2.75) is 38.8 Å². The fourth-order valence-corrected chi connectivity index (χ4v) is 2.45. The number of nitrogen functional groups attached to an aromatic ring is 1. The molecule has 1 saturated carbocycles. The highest BCUT2D eigenvalue weighted by Crippen LogP contribution is 2.29. The van der Waals surface area contributed by atoms with Gasteiger partial charge in [0, 0.05) is 19.1 Å². The summed E-state index contributed by atoms with van der Waals surface area (Å²) in [5.74, 6) is 0.177. The molecule has 106 valence electrons. The van der Waals surface area contributed by atoms with E-state index in [1.165, 1.54) is 4.57 Å². The van der Waals surface area contributed by atoms with Crippen LogP contribution < -0.4 is 21.9 Å². The van der Waals surface area contributed by atoms with Crippen LogP contribution in [-0.4, -0.2) is 33.9 Å². The average molecular weight is 268 g/mol. The van der Waals surface area contributed by atoms with Crippen LogP contribution in [0.1, 0.15) is 26.2 Å². The molecule has 0 atom stereocenters. The lowest BCUT2D eigenvalue weighted by Crippen LogP contribution is -2.47. The van der Waals surface area contributed by atoms with Crippen molar-refractivity contribution in [3.05, 3.63) is 20.8 Å². The number of nitrogens with one attached hydrogen (secondary N) is 1. The Bertz CT molecular complexity index is 559. The van der Waals surface area contributed by atoms with Crippen LogP contribution >= 0.6 is 0 Å². The van der Waals surface area contributed by atoms with Gasteiger partial charge >= 0.3 is 5.69 Å². The Morgan fingerprint density at radius 1 is 1.47 bits per heavy atom. The molecule has 0 aromatic carbocycles. The molecule has 0 unspecified atom stereocenters. The molecule has 0 saturated heterocycles. The Hall–Kier alpha value is -1.76. The fourth-order valence-electron chi connectivity index (χ4n) is 2.45. The molecule has 1 aromatic heterocycles. The van der Waals surface area contributed by atoms with Crippen molar-refractivity contribution in [2.75, 3.05) is 23.8 Å². The van der Waals surface area contributed by atoms with Crippen LogP contribution in [0.2, 0.25) is 0 Å². The van der Waals surface area contributed by atoms with Crippen LogP contribution in [0.25, 0.3) is 0 Å². The van der Waals surface area contributed by atoms with Gasteiger partial charge in [0.15, 0.2) is 0 Å². The van der Waals surface area contributed by atoms with Crippen LogP contribution in [0.5, 0.6) is 0 Å². The second-order valence-electron chi connectivity index (χ2n) is 4.74. The number of nitrogens with zero attached hydrogens (tertiary/aromatic N) is 2. The van der Waals surface area contributed by atoms with E-state index in [9.17, 15) is 9.59 Å². The molecule has 1 heterocycles. The second kappa shape index (κ2) is 5.48. The van der Waals surface area contributed by atoms with E-state index in [1.54, 1.807) is 6.92 Å².